The van der Waals surface area contributed by atoms with Crippen molar-refractivity contribution in [2.75, 3.05) is 18.0 Å². The van der Waals surface area contributed by atoms with Crippen LogP contribution in [0.1, 0.15) is 31.2 Å². The van der Waals surface area contributed by atoms with Crippen molar-refractivity contribution < 1.29 is 14.4 Å². The Morgan fingerprint density at radius 1 is 0.964 bits per heavy atom. The number of amides is 3. The van der Waals surface area contributed by atoms with Crippen molar-refractivity contribution in [1.29, 1.82) is 0 Å². The molecule has 5 heteroatoms. The second kappa shape index (κ2) is 6.73. The number of carbonyl (C=O) groups excluding carboxylic acids is 3. The Labute approximate surface area is 164 Å². The van der Waals surface area contributed by atoms with Gasteiger partial charge >= 0.3 is 0 Å². The average molecular weight is 376 g/mol. The summed E-state index contributed by atoms with van der Waals surface area (Å²) in [6, 6.07) is 7.35. The highest BCUT2D eigenvalue weighted by Crippen LogP contribution is 2.53. The minimum atomic E-state index is -0.192. The molecule has 2 aliphatic heterocycles. The van der Waals surface area contributed by atoms with Gasteiger partial charge in [0.15, 0.2) is 0 Å². The van der Waals surface area contributed by atoms with Crippen LogP contribution in [0.5, 0.6) is 0 Å². The molecule has 28 heavy (non-hydrogen) atoms. The topological polar surface area (TPSA) is 57.7 Å². The first-order valence-electron chi connectivity index (χ1n) is 10.3. The minimum absolute atomic E-state index is 0.0237. The van der Waals surface area contributed by atoms with E-state index < -0.39 is 0 Å². The summed E-state index contributed by atoms with van der Waals surface area (Å²) < 4.78 is 0. The zero-order valence-electron chi connectivity index (χ0n) is 15.8. The molecule has 0 N–H and O–H groups in total. The lowest BCUT2D eigenvalue weighted by atomic mass is 9.85. The number of nitrogens with zero attached hydrogens (tertiary/aromatic N) is 2. The van der Waals surface area contributed by atoms with Gasteiger partial charge in [-0.2, -0.15) is 0 Å². The van der Waals surface area contributed by atoms with Crippen LogP contribution < -0.4 is 4.90 Å². The Hall–Kier alpha value is -2.69. The van der Waals surface area contributed by atoms with E-state index in [2.05, 4.69) is 12.2 Å². The van der Waals surface area contributed by atoms with Crippen LogP contribution >= 0.6 is 0 Å². The molecule has 0 unspecified atom stereocenters. The molecule has 0 aromatic heterocycles. The summed E-state index contributed by atoms with van der Waals surface area (Å²) in [6.45, 7) is 1.64. The quantitative estimate of drug-likeness (QED) is 0.463. The first-order valence-corrected chi connectivity index (χ1v) is 10.3. The molecule has 144 valence electrons. The second-order valence-electron chi connectivity index (χ2n) is 8.33. The fraction of sp³-hybridized carbons (Fsp3) is 0.435. The fourth-order valence-corrected chi connectivity index (χ4v) is 5.31. The zero-order valence-corrected chi connectivity index (χ0v) is 15.8. The lowest BCUT2D eigenvalue weighted by Crippen LogP contribution is -2.34. The van der Waals surface area contributed by atoms with Crippen molar-refractivity contribution in [2.24, 2.45) is 23.7 Å². The highest BCUT2D eigenvalue weighted by Gasteiger charge is 2.59. The largest absolute Gasteiger partial charge is 0.339 e. The lowest BCUT2D eigenvalue weighted by Gasteiger charge is -2.25. The Morgan fingerprint density at radius 2 is 1.64 bits per heavy atom. The summed E-state index contributed by atoms with van der Waals surface area (Å²) in [5.41, 5.74) is 1.43. The van der Waals surface area contributed by atoms with Crippen molar-refractivity contribution in [3.05, 3.63) is 48.1 Å². The monoisotopic (exact) mass is 376 g/mol. The Balaban J connectivity index is 1.35. The van der Waals surface area contributed by atoms with Gasteiger partial charge in [-0.3, -0.25) is 14.4 Å². The van der Waals surface area contributed by atoms with E-state index in [4.69, 9.17) is 0 Å². The maximum atomic E-state index is 13.0. The standard InChI is InChI=1S/C23H24N2O3/c26-19(24-11-2-1-3-12-24)10-7-15-5-4-6-18(13-15)25-22(27)20-16-8-9-17(14-16)21(20)23(25)28/h4-10,13,16-17,20-21H,1-3,11-12,14H2/b10-7+/t16-,17-,20-,21-/m0/s1. The van der Waals surface area contributed by atoms with E-state index in [0.29, 0.717) is 5.69 Å². The SMILES string of the molecule is O=C(/C=C/c1cccc(N2C(=O)[C@@H]3[C@@H](C2=O)[C@H]2C=C[C@H]3C2)c1)N1CCCCC1. The van der Waals surface area contributed by atoms with Crippen LogP contribution in [0.25, 0.3) is 6.08 Å². The van der Waals surface area contributed by atoms with Crippen molar-refractivity contribution in [3.8, 4) is 0 Å². The normalized spacial score (nSPS) is 31.3. The third kappa shape index (κ3) is 2.72. The van der Waals surface area contributed by atoms with E-state index in [1.807, 2.05) is 23.1 Å². The Bertz CT molecular complexity index is 867. The summed E-state index contributed by atoms with van der Waals surface area (Å²) in [7, 11) is 0. The maximum Gasteiger partial charge on any atom is 0.246 e. The van der Waals surface area contributed by atoms with Gasteiger partial charge in [0.1, 0.15) is 0 Å². The molecule has 2 heterocycles. The van der Waals surface area contributed by atoms with Crippen LogP contribution in [0.15, 0.2) is 42.5 Å². The summed E-state index contributed by atoms with van der Waals surface area (Å²) in [4.78, 5) is 41.5. The number of anilines is 1. The van der Waals surface area contributed by atoms with Crippen LogP contribution in [0.2, 0.25) is 0 Å². The van der Waals surface area contributed by atoms with Gasteiger partial charge in [0, 0.05) is 19.2 Å². The number of fused-ring (bicyclic) bond motifs is 5. The van der Waals surface area contributed by atoms with Gasteiger partial charge in [0.25, 0.3) is 0 Å². The van der Waals surface area contributed by atoms with Gasteiger partial charge in [0.2, 0.25) is 17.7 Å². The first-order chi connectivity index (χ1) is 13.6. The molecule has 4 atom stereocenters. The van der Waals surface area contributed by atoms with Crippen LogP contribution in [0.3, 0.4) is 0 Å². The molecule has 0 radical (unpaired) electrons. The minimum Gasteiger partial charge on any atom is -0.339 e. The molecule has 2 saturated heterocycles. The molecule has 4 aliphatic rings. The third-order valence-corrected chi connectivity index (χ3v) is 6.68. The van der Waals surface area contributed by atoms with Crippen LogP contribution in [0.4, 0.5) is 5.69 Å². The van der Waals surface area contributed by atoms with Crippen LogP contribution in [-0.4, -0.2) is 35.7 Å². The Morgan fingerprint density at radius 3 is 2.32 bits per heavy atom. The number of hydrogen-bond acceptors (Lipinski definition) is 3. The van der Waals surface area contributed by atoms with Gasteiger partial charge in [-0.05, 0) is 61.3 Å². The number of imide groups is 1. The van der Waals surface area contributed by atoms with Gasteiger partial charge in [-0.25, -0.2) is 4.90 Å². The predicted octanol–water partition coefficient (Wildman–Crippen LogP) is 3.02. The predicted molar refractivity (Wildman–Crippen MR) is 106 cm³/mol. The molecule has 5 rings (SSSR count). The third-order valence-electron chi connectivity index (χ3n) is 6.68. The highest BCUT2D eigenvalue weighted by atomic mass is 16.2. The molecule has 1 aromatic carbocycles. The smallest absolute Gasteiger partial charge is 0.246 e. The van der Waals surface area contributed by atoms with E-state index in [9.17, 15) is 14.4 Å². The van der Waals surface area contributed by atoms with Gasteiger partial charge in [0.05, 0.1) is 17.5 Å². The summed E-state index contributed by atoms with van der Waals surface area (Å²) in [5.74, 6) is -0.0847. The summed E-state index contributed by atoms with van der Waals surface area (Å²) >= 11 is 0. The van der Waals surface area contributed by atoms with Crippen LogP contribution in [-0.2, 0) is 14.4 Å². The van der Waals surface area contributed by atoms with Gasteiger partial charge in [-0.1, -0.05) is 24.3 Å². The maximum absolute atomic E-state index is 13.0. The molecule has 5 nitrogen and oxygen atoms in total. The number of hydrogen-bond donors (Lipinski definition) is 0. The first kappa shape index (κ1) is 17.4. The number of carbonyl (C=O) groups is 3. The lowest BCUT2D eigenvalue weighted by molar-refractivity contribution is -0.127. The van der Waals surface area contributed by atoms with Crippen molar-refractivity contribution in [1.82, 2.24) is 4.90 Å². The fourth-order valence-electron chi connectivity index (χ4n) is 5.31. The summed E-state index contributed by atoms with van der Waals surface area (Å²) in [5, 5.41) is 0. The molecule has 3 amide bonds. The zero-order chi connectivity index (χ0) is 19.3. The number of allylic oxidation sites excluding steroid dienone is 2. The molecule has 3 fully saturated rings. The molecule has 1 saturated carbocycles. The van der Waals surface area contributed by atoms with E-state index >= 15 is 0 Å². The van der Waals surface area contributed by atoms with Crippen molar-refractivity contribution in [2.45, 2.75) is 25.7 Å². The number of benzene rings is 1. The van der Waals surface area contributed by atoms with E-state index in [1.165, 1.54) is 11.3 Å². The average Bonchev–Trinajstić information content (AvgIpc) is 3.41. The molecular formula is C23H24N2O3. The van der Waals surface area contributed by atoms with E-state index in [1.54, 1.807) is 18.2 Å². The number of rotatable bonds is 3. The van der Waals surface area contributed by atoms with Crippen LogP contribution in [0, 0.1) is 23.7 Å². The van der Waals surface area contributed by atoms with Gasteiger partial charge < -0.3 is 4.90 Å². The molecular weight excluding hydrogens is 352 g/mol. The highest BCUT2D eigenvalue weighted by molar-refractivity contribution is 6.22. The van der Waals surface area contributed by atoms with E-state index in [-0.39, 0.29) is 41.4 Å². The van der Waals surface area contributed by atoms with Crippen molar-refractivity contribution in [3.63, 3.8) is 0 Å². The Kier molecular flexibility index (Phi) is 4.18. The molecule has 2 bridgehead atoms. The molecule has 1 aromatic rings. The number of piperidine rings is 1. The van der Waals surface area contributed by atoms with Gasteiger partial charge in [-0.15, -0.1) is 0 Å². The molecule has 2 aliphatic carbocycles. The number of likely N-dealkylation sites (tertiary alicyclic amines) is 1. The summed E-state index contributed by atoms with van der Waals surface area (Å²) in [6.07, 6.45) is 11.8. The van der Waals surface area contributed by atoms with Crippen molar-refractivity contribution >= 4 is 29.5 Å². The second-order valence-corrected chi connectivity index (χ2v) is 8.33. The van der Waals surface area contributed by atoms with E-state index in [0.717, 1.165) is 37.9 Å². The molecule has 0 spiro atoms.